The Hall–Kier alpha value is -2.11. The first-order valence-corrected chi connectivity index (χ1v) is 7.53. The van der Waals surface area contributed by atoms with E-state index in [0.29, 0.717) is 25.9 Å². The summed E-state index contributed by atoms with van der Waals surface area (Å²) in [7, 11) is 0. The van der Waals surface area contributed by atoms with Crippen LogP contribution in [0.1, 0.15) is 33.6 Å². The molecule has 1 fully saturated rings. The molecule has 2 heterocycles. The summed E-state index contributed by atoms with van der Waals surface area (Å²) in [5.74, 6) is -0.0621. The van der Waals surface area contributed by atoms with Crippen molar-refractivity contribution < 1.29 is 14.7 Å². The SMILES string of the molecule is CC(C)(C)C(=O)N1CCC(C(=O)Nc2ncccc2O)CC1. The number of piperidine rings is 1. The number of aromatic nitrogens is 1. The Labute approximate surface area is 130 Å². The summed E-state index contributed by atoms with van der Waals surface area (Å²) in [5.41, 5.74) is -0.394. The fraction of sp³-hybridized carbons (Fsp3) is 0.562. The molecule has 2 amide bonds. The Kier molecular flexibility index (Phi) is 4.68. The number of nitrogens with one attached hydrogen (secondary N) is 1. The zero-order valence-corrected chi connectivity index (χ0v) is 13.3. The standard InChI is InChI=1S/C16H23N3O3/c1-16(2,3)15(22)19-9-6-11(7-10-19)14(21)18-13-12(20)5-4-8-17-13/h4-5,8,11,20H,6-7,9-10H2,1-3H3,(H,17,18,21). The predicted molar refractivity (Wildman–Crippen MR) is 83.3 cm³/mol. The van der Waals surface area contributed by atoms with E-state index in [9.17, 15) is 14.7 Å². The zero-order chi connectivity index (χ0) is 16.3. The zero-order valence-electron chi connectivity index (χ0n) is 13.3. The van der Waals surface area contributed by atoms with Gasteiger partial charge in [0.15, 0.2) is 11.6 Å². The van der Waals surface area contributed by atoms with Crippen molar-refractivity contribution in [3.05, 3.63) is 18.3 Å². The molecule has 0 unspecified atom stereocenters. The van der Waals surface area contributed by atoms with Gasteiger partial charge in [0, 0.05) is 30.6 Å². The molecule has 0 atom stereocenters. The van der Waals surface area contributed by atoms with Gasteiger partial charge in [-0.2, -0.15) is 0 Å². The average Bonchev–Trinajstić information content (AvgIpc) is 2.48. The number of carbonyl (C=O) groups excluding carboxylic acids is 2. The largest absolute Gasteiger partial charge is 0.504 e. The van der Waals surface area contributed by atoms with Crippen LogP contribution in [0.25, 0.3) is 0 Å². The quantitative estimate of drug-likeness (QED) is 0.875. The third kappa shape index (κ3) is 3.75. The number of rotatable bonds is 2. The minimum Gasteiger partial charge on any atom is -0.504 e. The number of carbonyl (C=O) groups is 2. The van der Waals surface area contributed by atoms with E-state index < -0.39 is 5.41 Å². The van der Waals surface area contributed by atoms with E-state index in [1.54, 1.807) is 6.07 Å². The van der Waals surface area contributed by atoms with Gasteiger partial charge in [0.05, 0.1) is 0 Å². The van der Waals surface area contributed by atoms with E-state index in [1.165, 1.54) is 12.3 Å². The highest BCUT2D eigenvalue weighted by atomic mass is 16.3. The van der Waals surface area contributed by atoms with Crippen LogP contribution in [0.5, 0.6) is 5.75 Å². The van der Waals surface area contributed by atoms with Gasteiger partial charge in [0.2, 0.25) is 11.8 Å². The second kappa shape index (κ2) is 6.34. The number of anilines is 1. The lowest BCUT2D eigenvalue weighted by molar-refractivity contribution is -0.142. The number of hydrogen-bond acceptors (Lipinski definition) is 4. The number of aromatic hydroxyl groups is 1. The normalized spacial score (nSPS) is 16.4. The molecule has 2 rings (SSSR count). The van der Waals surface area contributed by atoms with Gasteiger partial charge in [0.25, 0.3) is 0 Å². The van der Waals surface area contributed by atoms with Crippen molar-refractivity contribution in [1.82, 2.24) is 9.88 Å². The number of pyridine rings is 1. The number of hydrogen-bond donors (Lipinski definition) is 2. The molecule has 1 aromatic heterocycles. The van der Waals surface area contributed by atoms with Crippen molar-refractivity contribution in [3.63, 3.8) is 0 Å². The van der Waals surface area contributed by atoms with Gasteiger partial charge in [-0.1, -0.05) is 20.8 Å². The number of likely N-dealkylation sites (tertiary alicyclic amines) is 1. The van der Waals surface area contributed by atoms with E-state index in [1.807, 2.05) is 25.7 Å². The minimum absolute atomic E-state index is 0.0452. The van der Waals surface area contributed by atoms with Gasteiger partial charge in [-0.05, 0) is 25.0 Å². The highest BCUT2D eigenvalue weighted by Crippen LogP contribution is 2.25. The van der Waals surface area contributed by atoms with Crippen LogP contribution in [0.15, 0.2) is 18.3 Å². The molecule has 1 saturated heterocycles. The molecule has 0 radical (unpaired) electrons. The molecule has 120 valence electrons. The Morgan fingerprint density at radius 1 is 1.32 bits per heavy atom. The van der Waals surface area contributed by atoms with E-state index in [-0.39, 0.29) is 29.3 Å². The maximum atomic E-state index is 12.2. The van der Waals surface area contributed by atoms with Crippen LogP contribution >= 0.6 is 0 Å². The van der Waals surface area contributed by atoms with Gasteiger partial charge < -0.3 is 15.3 Å². The average molecular weight is 305 g/mol. The molecule has 1 aromatic rings. The highest BCUT2D eigenvalue weighted by Gasteiger charge is 2.32. The molecule has 22 heavy (non-hydrogen) atoms. The maximum Gasteiger partial charge on any atom is 0.228 e. The second-order valence-electron chi connectivity index (χ2n) is 6.68. The Morgan fingerprint density at radius 3 is 2.50 bits per heavy atom. The maximum absolute atomic E-state index is 12.2. The Morgan fingerprint density at radius 2 is 1.95 bits per heavy atom. The third-order valence-electron chi connectivity index (χ3n) is 3.82. The smallest absolute Gasteiger partial charge is 0.228 e. The van der Waals surface area contributed by atoms with Crippen LogP contribution < -0.4 is 5.32 Å². The van der Waals surface area contributed by atoms with E-state index in [0.717, 1.165) is 0 Å². The predicted octanol–water partition coefficient (Wildman–Crippen LogP) is 2.01. The lowest BCUT2D eigenvalue weighted by Crippen LogP contribution is -2.45. The van der Waals surface area contributed by atoms with Gasteiger partial charge in [-0.15, -0.1) is 0 Å². The second-order valence-corrected chi connectivity index (χ2v) is 6.68. The molecule has 0 aliphatic carbocycles. The lowest BCUT2D eigenvalue weighted by atomic mass is 9.90. The van der Waals surface area contributed by atoms with Crippen molar-refractivity contribution in [2.24, 2.45) is 11.3 Å². The fourth-order valence-corrected chi connectivity index (χ4v) is 2.53. The van der Waals surface area contributed by atoms with E-state index >= 15 is 0 Å². The molecule has 2 N–H and O–H groups in total. The van der Waals surface area contributed by atoms with Crippen LogP contribution in [0.4, 0.5) is 5.82 Å². The summed E-state index contributed by atoms with van der Waals surface area (Å²) in [6.45, 7) is 6.87. The summed E-state index contributed by atoms with van der Waals surface area (Å²) in [6.07, 6.45) is 2.77. The lowest BCUT2D eigenvalue weighted by Gasteiger charge is -2.35. The van der Waals surface area contributed by atoms with Crippen molar-refractivity contribution in [3.8, 4) is 5.75 Å². The Balaban J connectivity index is 1.90. The van der Waals surface area contributed by atoms with Crippen LogP contribution in [-0.4, -0.2) is 39.9 Å². The van der Waals surface area contributed by atoms with Crippen molar-refractivity contribution >= 4 is 17.6 Å². The van der Waals surface area contributed by atoms with Gasteiger partial charge in [-0.3, -0.25) is 9.59 Å². The molecular weight excluding hydrogens is 282 g/mol. The molecule has 1 aliphatic rings. The van der Waals surface area contributed by atoms with Gasteiger partial charge in [0.1, 0.15) is 0 Å². The molecule has 0 saturated carbocycles. The van der Waals surface area contributed by atoms with Crippen molar-refractivity contribution in [2.75, 3.05) is 18.4 Å². The summed E-state index contributed by atoms with van der Waals surface area (Å²) < 4.78 is 0. The van der Waals surface area contributed by atoms with Crippen LogP contribution in [0.2, 0.25) is 0 Å². The van der Waals surface area contributed by atoms with Gasteiger partial charge in [-0.25, -0.2) is 4.98 Å². The summed E-state index contributed by atoms with van der Waals surface area (Å²) in [4.78, 5) is 30.2. The van der Waals surface area contributed by atoms with Crippen LogP contribution in [-0.2, 0) is 9.59 Å². The first kappa shape index (κ1) is 16.3. The number of nitrogens with zero attached hydrogens (tertiary/aromatic N) is 2. The van der Waals surface area contributed by atoms with E-state index in [2.05, 4.69) is 10.3 Å². The summed E-state index contributed by atoms with van der Waals surface area (Å²) in [6, 6.07) is 3.08. The van der Waals surface area contributed by atoms with Crippen LogP contribution in [0, 0.1) is 11.3 Å². The van der Waals surface area contributed by atoms with Gasteiger partial charge >= 0.3 is 0 Å². The minimum atomic E-state index is -0.394. The molecular formula is C16H23N3O3. The molecule has 1 aliphatic heterocycles. The van der Waals surface area contributed by atoms with Crippen molar-refractivity contribution in [2.45, 2.75) is 33.6 Å². The molecule has 0 spiro atoms. The monoisotopic (exact) mass is 305 g/mol. The molecule has 6 heteroatoms. The summed E-state index contributed by atoms with van der Waals surface area (Å²) in [5, 5.41) is 12.3. The highest BCUT2D eigenvalue weighted by molar-refractivity contribution is 5.93. The molecule has 0 bridgehead atoms. The topological polar surface area (TPSA) is 82.5 Å². The third-order valence-corrected chi connectivity index (χ3v) is 3.82. The fourth-order valence-electron chi connectivity index (χ4n) is 2.53. The molecule has 0 aromatic carbocycles. The Bertz CT molecular complexity index is 558. The summed E-state index contributed by atoms with van der Waals surface area (Å²) >= 11 is 0. The van der Waals surface area contributed by atoms with Crippen LogP contribution in [0.3, 0.4) is 0 Å². The first-order chi connectivity index (χ1) is 10.3. The van der Waals surface area contributed by atoms with Crippen molar-refractivity contribution in [1.29, 1.82) is 0 Å². The van der Waals surface area contributed by atoms with E-state index in [4.69, 9.17) is 0 Å². The molecule has 6 nitrogen and oxygen atoms in total. The number of amides is 2. The first-order valence-electron chi connectivity index (χ1n) is 7.53.